The van der Waals surface area contributed by atoms with Gasteiger partial charge in [-0.3, -0.25) is 0 Å². The Morgan fingerprint density at radius 2 is 1.53 bits per heavy atom. The Kier molecular flexibility index (Phi) is 3.28. The highest BCUT2D eigenvalue weighted by molar-refractivity contribution is 6.21. The smallest absolute Gasteiger partial charge is 0.123 e. The van der Waals surface area contributed by atoms with Crippen molar-refractivity contribution in [2.24, 2.45) is 0 Å². The molecule has 2 aromatic carbocycles. The van der Waals surface area contributed by atoms with Gasteiger partial charge in [-0.2, -0.15) is 0 Å². The second-order valence-corrected chi connectivity index (χ2v) is 5.45. The van der Waals surface area contributed by atoms with Crippen molar-refractivity contribution >= 4 is 11.6 Å². The van der Waals surface area contributed by atoms with E-state index in [1.807, 2.05) is 0 Å². The summed E-state index contributed by atoms with van der Waals surface area (Å²) in [6.45, 7) is 0. The zero-order valence-electron chi connectivity index (χ0n) is 10.2. The predicted molar refractivity (Wildman–Crippen MR) is 72.5 cm³/mol. The first-order valence-corrected chi connectivity index (χ1v) is 6.77. The Morgan fingerprint density at radius 3 is 2.26 bits per heavy atom. The molecule has 0 radical (unpaired) electrons. The summed E-state index contributed by atoms with van der Waals surface area (Å²) in [5.41, 5.74) is 2.97. The Labute approximate surface area is 116 Å². The van der Waals surface area contributed by atoms with Gasteiger partial charge in [0, 0.05) is 5.92 Å². The molecule has 1 aliphatic carbocycles. The largest absolute Gasteiger partial charge is 0.207 e. The van der Waals surface area contributed by atoms with Crippen molar-refractivity contribution in [3.05, 3.63) is 70.8 Å². The third-order valence-electron chi connectivity index (χ3n) is 3.74. The second-order valence-electron chi connectivity index (χ2n) is 4.92. The molecule has 0 N–H and O–H groups in total. The molecule has 0 saturated carbocycles. The lowest BCUT2D eigenvalue weighted by molar-refractivity contribution is 0.581. The minimum Gasteiger partial charge on any atom is -0.207 e. The van der Waals surface area contributed by atoms with Crippen molar-refractivity contribution in [3.8, 4) is 0 Å². The normalized spacial score (nSPS) is 22.1. The molecule has 3 heteroatoms. The summed E-state index contributed by atoms with van der Waals surface area (Å²) >= 11 is 6.27. The van der Waals surface area contributed by atoms with E-state index in [-0.39, 0.29) is 22.9 Å². The number of halogens is 3. The zero-order chi connectivity index (χ0) is 13.4. The summed E-state index contributed by atoms with van der Waals surface area (Å²) in [5.74, 6) is -0.329. The van der Waals surface area contributed by atoms with Crippen LogP contribution in [-0.4, -0.2) is 0 Å². The predicted octanol–water partition coefficient (Wildman–Crippen LogP) is 5.17. The van der Waals surface area contributed by atoms with Gasteiger partial charge < -0.3 is 0 Å². The molecule has 0 heterocycles. The highest BCUT2D eigenvalue weighted by Crippen LogP contribution is 2.44. The lowest BCUT2D eigenvalue weighted by Gasteiger charge is -2.29. The first kappa shape index (κ1) is 12.6. The number of hydrogen-bond donors (Lipinski definition) is 0. The van der Waals surface area contributed by atoms with E-state index in [1.54, 1.807) is 18.2 Å². The first-order valence-electron chi connectivity index (χ1n) is 6.34. The van der Waals surface area contributed by atoms with Crippen molar-refractivity contribution < 1.29 is 8.78 Å². The van der Waals surface area contributed by atoms with Crippen LogP contribution in [0, 0.1) is 11.6 Å². The Bertz CT molecular complexity index is 592. The van der Waals surface area contributed by atoms with Gasteiger partial charge in [0.2, 0.25) is 0 Å². The maximum atomic E-state index is 13.3. The van der Waals surface area contributed by atoms with E-state index in [4.69, 9.17) is 11.6 Å². The maximum absolute atomic E-state index is 13.3. The van der Waals surface area contributed by atoms with Gasteiger partial charge in [-0.15, -0.1) is 11.6 Å². The molecule has 0 saturated heterocycles. The molecule has 0 amide bonds. The average Bonchev–Trinajstić information content (AvgIpc) is 2.41. The summed E-state index contributed by atoms with van der Waals surface area (Å²) in [5, 5.41) is -0.137. The first-order chi connectivity index (χ1) is 9.15. The molecule has 2 aromatic rings. The van der Waals surface area contributed by atoms with Crippen LogP contribution >= 0.6 is 11.6 Å². The van der Waals surface area contributed by atoms with E-state index in [2.05, 4.69) is 0 Å². The number of hydrogen-bond acceptors (Lipinski definition) is 0. The SMILES string of the molecule is Fc1ccc([C@H]2CC[C@@H](Cl)c3cc(F)ccc32)cc1. The van der Waals surface area contributed by atoms with Crippen LogP contribution in [-0.2, 0) is 0 Å². The van der Waals surface area contributed by atoms with Crippen LogP contribution in [0.5, 0.6) is 0 Å². The van der Waals surface area contributed by atoms with E-state index in [1.165, 1.54) is 24.3 Å². The molecular formula is C16H13ClF2. The summed E-state index contributed by atoms with van der Waals surface area (Å²) < 4.78 is 26.3. The highest BCUT2D eigenvalue weighted by atomic mass is 35.5. The van der Waals surface area contributed by atoms with Gasteiger partial charge in [0.1, 0.15) is 11.6 Å². The monoisotopic (exact) mass is 278 g/mol. The van der Waals surface area contributed by atoms with Crippen molar-refractivity contribution in [1.82, 2.24) is 0 Å². The zero-order valence-corrected chi connectivity index (χ0v) is 11.0. The molecule has 0 bridgehead atoms. The van der Waals surface area contributed by atoms with Crippen molar-refractivity contribution in [1.29, 1.82) is 0 Å². The van der Waals surface area contributed by atoms with E-state index < -0.39 is 0 Å². The molecule has 0 nitrogen and oxygen atoms in total. The number of benzene rings is 2. The Hall–Kier alpha value is -1.41. The maximum Gasteiger partial charge on any atom is 0.123 e. The third kappa shape index (κ3) is 2.37. The van der Waals surface area contributed by atoms with Gasteiger partial charge in [-0.25, -0.2) is 8.78 Å². The van der Waals surface area contributed by atoms with Crippen molar-refractivity contribution in [2.75, 3.05) is 0 Å². The van der Waals surface area contributed by atoms with E-state index in [0.717, 1.165) is 29.5 Å². The van der Waals surface area contributed by atoms with Crippen LogP contribution < -0.4 is 0 Å². The van der Waals surface area contributed by atoms with E-state index in [0.29, 0.717) is 0 Å². The molecule has 1 aliphatic rings. The van der Waals surface area contributed by atoms with Crippen molar-refractivity contribution in [2.45, 2.75) is 24.1 Å². The van der Waals surface area contributed by atoms with Gasteiger partial charge in [-0.05, 0) is 53.8 Å². The van der Waals surface area contributed by atoms with Gasteiger partial charge in [0.15, 0.2) is 0 Å². The van der Waals surface area contributed by atoms with Gasteiger partial charge in [0.25, 0.3) is 0 Å². The van der Waals surface area contributed by atoms with E-state index in [9.17, 15) is 8.78 Å². The summed E-state index contributed by atoms with van der Waals surface area (Å²) in [6.07, 6.45) is 1.71. The molecule has 2 atom stereocenters. The minimum atomic E-state index is -0.260. The number of alkyl halides is 1. The minimum absolute atomic E-state index is 0.137. The Balaban J connectivity index is 2.06. The van der Waals surface area contributed by atoms with Gasteiger partial charge in [-0.1, -0.05) is 18.2 Å². The topological polar surface area (TPSA) is 0 Å². The molecule has 0 fully saturated rings. The average molecular weight is 279 g/mol. The Morgan fingerprint density at radius 1 is 0.842 bits per heavy atom. The van der Waals surface area contributed by atoms with E-state index >= 15 is 0 Å². The van der Waals surface area contributed by atoms with Crippen LogP contribution in [0.1, 0.15) is 40.8 Å². The van der Waals surface area contributed by atoms with Crippen LogP contribution in [0.25, 0.3) is 0 Å². The standard InChI is InChI=1S/C16H13ClF2/c17-16-8-7-13(10-1-3-11(18)4-2-10)14-6-5-12(19)9-15(14)16/h1-6,9,13,16H,7-8H2/t13-,16-/m1/s1. The summed E-state index contributed by atoms with van der Waals surface area (Å²) in [6, 6.07) is 11.3. The van der Waals surface area contributed by atoms with Crippen LogP contribution in [0.2, 0.25) is 0 Å². The fourth-order valence-corrected chi connectivity index (χ4v) is 3.11. The van der Waals surface area contributed by atoms with Crippen LogP contribution in [0.15, 0.2) is 42.5 Å². The summed E-state index contributed by atoms with van der Waals surface area (Å²) in [7, 11) is 0. The number of fused-ring (bicyclic) bond motifs is 1. The van der Waals surface area contributed by atoms with Crippen molar-refractivity contribution in [3.63, 3.8) is 0 Å². The van der Waals surface area contributed by atoms with Gasteiger partial charge in [0.05, 0.1) is 5.38 Å². The molecule has 19 heavy (non-hydrogen) atoms. The summed E-state index contributed by atoms with van der Waals surface area (Å²) in [4.78, 5) is 0. The molecular weight excluding hydrogens is 266 g/mol. The van der Waals surface area contributed by atoms with Crippen LogP contribution in [0.3, 0.4) is 0 Å². The molecule has 98 valence electrons. The molecule has 0 aliphatic heterocycles. The molecule has 0 aromatic heterocycles. The highest BCUT2D eigenvalue weighted by Gasteiger charge is 2.27. The third-order valence-corrected chi connectivity index (χ3v) is 4.20. The van der Waals surface area contributed by atoms with Gasteiger partial charge >= 0.3 is 0 Å². The quantitative estimate of drug-likeness (QED) is 0.631. The fraction of sp³-hybridized carbons (Fsp3) is 0.250. The second kappa shape index (κ2) is 4.93. The molecule has 0 unspecified atom stereocenters. The fourth-order valence-electron chi connectivity index (χ4n) is 2.80. The molecule has 3 rings (SSSR count). The lowest BCUT2D eigenvalue weighted by atomic mass is 9.79. The number of rotatable bonds is 1. The lowest BCUT2D eigenvalue weighted by Crippen LogP contribution is -2.13. The molecule has 0 spiro atoms. The van der Waals surface area contributed by atoms with Crippen LogP contribution in [0.4, 0.5) is 8.78 Å².